The number of thioether (sulfide) groups is 1. The Hall–Kier alpha value is -3.45. The predicted octanol–water partition coefficient (Wildman–Crippen LogP) is 6.16. The number of carbonyl (C=O) groups is 2. The molecule has 0 aromatic heterocycles. The van der Waals surface area contributed by atoms with Crippen molar-refractivity contribution in [1.29, 1.82) is 0 Å². The van der Waals surface area contributed by atoms with E-state index in [1.165, 1.54) is 37.4 Å². The van der Waals surface area contributed by atoms with Gasteiger partial charge in [-0.05, 0) is 69.8 Å². The van der Waals surface area contributed by atoms with Crippen molar-refractivity contribution < 1.29 is 28.4 Å². The smallest absolute Gasteiger partial charge is 0.293 e. The molecule has 2 amide bonds. The number of non-ortho nitro benzene ring substituents is 1. The first-order chi connectivity index (χ1) is 17.3. The largest absolute Gasteiger partial charge is 0.493 e. The number of nitro benzene ring substituents is 1. The molecule has 1 aliphatic heterocycles. The number of hydrogen-bond acceptors (Lipinski definition) is 7. The highest BCUT2D eigenvalue weighted by atomic mass is 127. The molecule has 1 fully saturated rings. The summed E-state index contributed by atoms with van der Waals surface area (Å²) in [5.74, 6) is 0.00382. The van der Waals surface area contributed by atoms with Gasteiger partial charge < -0.3 is 9.47 Å². The molecule has 0 N–H and O–H groups in total. The van der Waals surface area contributed by atoms with E-state index in [4.69, 9.17) is 9.47 Å². The van der Waals surface area contributed by atoms with Crippen molar-refractivity contribution in [3.63, 3.8) is 0 Å². The maximum absolute atomic E-state index is 13.9. The van der Waals surface area contributed by atoms with Crippen LogP contribution in [0.5, 0.6) is 11.5 Å². The first-order valence-electron chi connectivity index (χ1n) is 10.5. The molecule has 1 saturated heterocycles. The second-order valence-electron chi connectivity index (χ2n) is 7.61. The van der Waals surface area contributed by atoms with Gasteiger partial charge in [0.25, 0.3) is 16.8 Å². The lowest BCUT2D eigenvalue weighted by molar-refractivity contribution is -0.384. The fourth-order valence-corrected chi connectivity index (χ4v) is 5.04. The average Bonchev–Trinajstić information content (AvgIpc) is 3.11. The minimum Gasteiger partial charge on any atom is -0.493 e. The lowest BCUT2D eigenvalue weighted by atomic mass is 10.1. The highest BCUT2D eigenvalue weighted by Crippen LogP contribution is 2.38. The number of imide groups is 1. The van der Waals surface area contributed by atoms with Gasteiger partial charge in [0, 0.05) is 17.7 Å². The number of amides is 2. The molecule has 1 aliphatic rings. The van der Waals surface area contributed by atoms with Gasteiger partial charge in [0.15, 0.2) is 11.5 Å². The molecule has 3 aromatic carbocycles. The number of halogens is 2. The number of carbonyl (C=O) groups excluding carboxylic acids is 2. The van der Waals surface area contributed by atoms with Gasteiger partial charge in [-0.1, -0.05) is 30.3 Å². The third kappa shape index (κ3) is 5.68. The molecule has 36 heavy (non-hydrogen) atoms. The minimum absolute atomic E-state index is 0.00365. The van der Waals surface area contributed by atoms with E-state index in [2.05, 4.69) is 22.6 Å². The molecule has 4 rings (SSSR count). The molecular weight excluding hydrogens is 602 g/mol. The summed E-state index contributed by atoms with van der Waals surface area (Å²) in [4.78, 5) is 37.0. The number of hydrogen-bond donors (Lipinski definition) is 0. The van der Waals surface area contributed by atoms with Crippen molar-refractivity contribution in [2.45, 2.75) is 13.2 Å². The molecule has 0 aliphatic carbocycles. The van der Waals surface area contributed by atoms with E-state index in [9.17, 15) is 24.1 Å². The normalized spacial score (nSPS) is 14.4. The van der Waals surface area contributed by atoms with Crippen LogP contribution in [0.2, 0.25) is 0 Å². The zero-order chi connectivity index (χ0) is 25.8. The van der Waals surface area contributed by atoms with Crippen molar-refractivity contribution in [2.75, 3.05) is 7.11 Å². The summed E-state index contributed by atoms with van der Waals surface area (Å²) in [6.45, 7) is 0.0175. The standard InChI is InChI=1S/C25H18FIN2O6S/c1-34-21-11-16(10-20(27)23(21)35-14-17-4-2-3-5-19(17)26)12-22-24(30)28(25(31)36-22)13-15-6-8-18(9-7-15)29(32)33/h2-12H,13-14H2,1H3/b22-12+. The Kier molecular flexibility index (Phi) is 7.89. The third-order valence-corrected chi connectivity index (χ3v) is 6.95. The van der Waals surface area contributed by atoms with E-state index in [0.29, 0.717) is 31.8 Å². The van der Waals surface area contributed by atoms with Crippen LogP contribution in [0.3, 0.4) is 0 Å². The van der Waals surface area contributed by atoms with Crippen LogP contribution in [0.25, 0.3) is 6.08 Å². The molecule has 3 aromatic rings. The van der Waals surface area contributed by atoms with Gasteiger partial charge in [-0.3, -0.25) is 24.6 Å². The van der Waals surface area contributed by atoms with Gasteiger partial charge in [0.1, 0.15) is 12.4 Å². The Morgan fingerprint density at radius 1 is 1.14 bits per heavy atom. The molecule has 11 heteroatoms. The van der Waals surface area contributed by atoms with Gasteiger partial charge in [-0.25, -0.2) is 4.39 Å². The number of rotatable bonds is 8. The number of nitrogens with zero attached hydrogens (tertiary/aromatic N) is 2. The highest BCUT2D eigenvalue weighted by molar-refractivity contribution is 14.1. The quantitative estimate of drug-likeness (QED) is 0.129. The van der Waals surface area contributed by atoms with Crippen molar-refractivity contribution >= 4 is 57.3 Å². The Morgan fingerprint density at radius 3 is 2.53 bits per heavy atom. The summed E-state index contributed by atoms with van der Waals surface area (Å²) in [5, 5.41) is 10.4. The molecule has 0 unspecified atom stereocenters. The number of ether oxygens (including phenoxy) is 2. The number of benzene rings is 3. The lowest BCUT2D eigenvalue weighted by Crippen LogP contribution is -2.27. The summed E-state index contributed by atoms with van der Waals surface area (Å²) >= 11 is 2.87. The highest BCUT2D eigenvalue weighted by Gasteiger charge is 2.35. The topological polar surface area (TPSA) is 99.0 Å². The number of methoxy groups -OCH3 is 1. The summed E-state index contributed by atoms with van der Waals surface area (Å²) in [6, 6.07) is 15.4. The molecule has 0 spiro atoms. The fourth-order valence-electron chi connectivity index (χ4n) is 3.42. The van der Waals surface area contributed by atoms with Crippen LogP contribution >= 0.6 is 34.4 Å². The van der Waals surface area contributed by atoms with Gasteiger partial charge in [0.05, 0.1) is 27.1 Å². The number of nitro groups is 1. The molecular formula is C25H18FIN2O6S. The van der Waals surface area contributed by atoms with E-state index < -0.39 is 16.1 Å². The van der Waals surface area contributed by atoms with Crippen LogP contribution in [0.4, 0.5) is 14.9 Å². The molecule has 1 heterocycles. The Balaban J connectivity index is 1.52. The maximum atomic E-state index is 13.9. The summed E-state index contributed by atoms with van der Waals surface area (Å²) < 4.78 is 25.9. The first-order valence-corrected chi connectivity index (χ1v) is 12.4. The molecule has 0 saturated carbocycles. The second kappa shape index (κ2) is 11.1. The van der Waals surface area contributed by atoms with E-state index in [1.807, 2.05) is 0 Å². The van der Waals surface area contributed by atoms with E-state index in [0.717, 1.165) is 16.7 Å². The SMILES string of the molecule is COc1cc(/C=C2/SC(=O)N(Cc3ccc([N+](=O)[O-])cc3)C2=O)cc(I)c1OCc1ccccc1F. The molecule has 0 radical (unpaired) electrons. The van der Waals surface area contributed by atoms with Crippen LogP contribution in [-0.4, -0.2) is 28.1 Å². The van der Waals surface area contributed by atoms with E-state index in [-0.39, 0.29) is 29.6 Å². The van der Waals surface area contributed by atoms with Crippen LogP contribution in [-0.2, 0) is 17.9 Å². The van der Waals surface area contributed by atoms with Crippen LogP contribution < -0.4 is 9.47 Å². The van der Waals surface area contributed by atoms with Gasteiger partial charge in [-0.15, -0.1) is 0 Å². The van der Waals surface area contributed by atoms with E-state index >= 15 is 0 Å². The van der Waals surface area contributed by atoms with Gasteiger partial charge in [-0.2, -0.15) is 0 Å². The summed E-state index contributed by atoms with van der Waals surface area (Å²) in [5.41, 5.74) is 1.55. The zero-order valence-corrected chi connectivity index (χ0v) is 21.7. The monoisotopic (exact) mass is 620 g/mol. The first kappa shape index (κ1) is 25.6. The van der Waals surface area contributed by atoms with Crippen LogP contribution in [0, 0.1) is 19.5 Å². The van der Waals surface area contributed by atoms with Crippen LogP contribution in [0.1, 0.15) is 16.7 Å². The molecule has 184 valence electrons. The third-order valence-electron chi connectivity index (χ3n) is 5.24. The van der Waals surface area contributed by atoms with Crippen molar-refractivity contribution in [2.24, 2.45) is 0 Å². The van der Waals surface area contributed by atoms with Crippen LogP contribution in [0.15, 0.2) is 65.6 Å². The van der Waals surface area contributed by atoms with Crippen molar-refractivity contribution in [3.05, 3.63) is 102 Å². The molecule has 0 atom stereocenters. The fraction of sp³-hybridized carbons (Fsp3) is 0.120. The van der Waals surface area contributed by atoms with Gasteiger partial charge >= 0.3 is 0 Å². The maximum Gasteiger partial charge on any atom is 0.293 e. The van der Waals surface area contributed by atoms with Gasteiger partial charge in [0.2, 0.25) is 0 Å². The van der Waals surface area contributed by atoms with Crippen molar-refractivity contribution in [1.82, 2.24) is 4.90 Å². The van der Waals surface area contributed by atoms with Crippen molar-refractivity contribution in [3.8, 4) is 11.5 Å². The summed E-state index contributed by atoms with van der Waals surface area (Å²) in [6.07, 6.45) is 1.59. The second-order valence-corrected chi connectivity index (χ2v) is 9.76. The zero-order valence-electron chi connectivity index (χ0n) is 18.8. The average molecular weight is 620 g/mol. The lowest BCUT2D eigenvalue weighted by Gasteiger charge is -2.14. The van der Waals surface area contributed by atoms with E-state index in [1.54, 1.807) is 36.4 Å². The Morgan fingerprint density at radius 2 is 1.86 bits per heavy atom. The summed E-state index contributed by atoms with van der Waals surface area (Å²) in [7, 11) is 1.48. The predicted molar refractivity (Wildman–Crippen MR) is 141 cm³/mol. The molecule has 8 nitrogen and oxygen atoms in total. The Bertz CT molecular complexity index is 1380. The minimum atomic E-state index is -0.515. The molecule has 0 bridgehead atoms. The Labute approximate surface area is 223 Å².